The molecule has 23 heavy (non-hydrogen) atoms. The summed E-state index contributed by atoms with van der Waals surface area (Å²) in [4.78, 5) is 0. The molecule has 1 aromatic heterocycles. The molecule has 118 valence electrons. The molecule has 0 bridgehead atoms. The van der Waals surface area contributed by atoms with Crippen LogP contribution in [0.2, 0.25) is 0 Å². The van der Waals surface area contributed by atoms with Crippen molar-refractivity contribution in [1.29, 1.82) is 0 Å². The fraction of sp³-hybridized carbons (Fsp3) is 0.125. The lowest BCUT2D eigenvalue weighted by atomic mass is 10.1. The molecule has 0 saturated heterocycles. The van der Waals surface area contributed by atoms with Gasteiger partial charge in [-0.2, -0.15) is 8.78 Å². The Balaban J connectivity index is 1.90. The number of rotatable bonds is 5. The van der Waals surface area contributed by atoms with Crippen molar-refractivity contribution in [2.75, 3.05) is 0 Å². The molecule has 0 radical (unpaired) electrons. The Hall–Kier alpha value is -2.80. The monoisotopic (exact) mass is 318 g/mol. The summed E-state index contributed by atoms with van der Waals surface area (Å²) in [6, 6.07) is 14.9. The SMILES string of the molecule is OC(c1nnc(-c2ccccc2)o1)c1ccccc1OC(F)F. The summed E-state index contributed by atoms with van der Waals surface area (Å²) in [7, 11) is 0. The molecular formula is C16H12F2N2O3. The van der Waals surface area contributed by atoms with Crippen molar-refractivity contribution < 1.29 is 23.0 Å². The highest BCUT2D eigenvalue weighted by Crippen LogP contribution is 2.31. The Morgan fingerprint density at radius 3 is 2.39 bits per heavy atom. The zero-order valence-corrected chi connectivity index (χ0v) is 11.8. The minimum Gasteiger partial charge on any atom is -0.434 e. The number of aliphatic hydroxyl groups excluding tert-OH is 1. The van der Waals surface area contributed by atoms with Crippen molar-refractivity contribution in [1.82, 2.24) is 10.2 Å². The Morgan fingerprint density at radius 2 is 1.65 bits per heavy atom. The third-order valence-electron chi connectivity index (χ3n) is 3.12. The lowest BCUT2D eigenvalue weighted by Gasteiger charge is -2.12. The van der Waals surface area contributed by atoms with Crippen LogP contribution in [0.5, 0.6) is 5.75 Å². The molecule has 7 heteroatoms. The topological polar surface area (TPSA) is 68.4 Å². The third kappa shape index (κ3) is 3.35. The molecule has 1 heterocycles. The van der Waals surface area contributed by atoms with Gasteiger partial charge in [-0.1, -0.05) is 36.4 Å². The maximum atomic E-state index is 12.4. The maximum absolute atomic E-state index is 12.4. The summed E-state index contributed by atoms with van der Waals surface area (Å²) in [5.74, 6) is -0.0180. The van der Waals surface area contributed by atoms with Gasteiger partial charge in [0.25, 0.3) is 0 Å². The Labute approximate surface area is 130 Å². The second kappa shape index (κ2) is 6.53. The highest BCUT2D eigenvalue weighted by Gasteiger charge is 2.23. The van der Waals surface area contributed by atoms with Crippen LogP contribution in [0.15, 0.2) is 59.0 Å². The fourth-order valence-electron chi connectivity index (χ4n) is 2.09. The van der Waals surface area contributed by atoms with Crippen molar-refractivity contribution in [2.45, 2.75) is 12.7 Å². The van der Waals surface area contributed by atoms with Gasteiger partial charge in [0.2, 0.25) is 11.8 Å². The molecular weight excluding hydrogens is 306 g/mol. The molecule has 0 fully saturated rings. The van der Waals surface area contributed by atoms with E-state index in [4.69, 9.17) is 4.42 Å². The van der Waals surface area contributed by atoms with Crippen molar-refractivity contribution in [3.05, 3.63) is 66.1 Å². The van der Waals surface area contributed by atoms with E-state index in [0.717, 1.165) is 0 Å². The molecule has 3 aromatic rings. The first-order valence-electron chi connectivity index (χ1n) is 6.76. The van der Waals surface area contributed by atoms with Crippen molar-refractivity contribution in [3.63, 3.8) is 0 Å². The normalized spacial score (nSPS) is 12.3. The predicted molar refractivity (Wildman–Crippen MR) is 76.9 cm³/mol. The number of alkyl halides is 2. The van der Waals surface area contributed by atoms with E-state index in [1.54, 1.807) is 30.3 Å². The number of hydrogen-bond acceptors (Lipinski definition) is 5. The lowest BCUT2D eigenvalue weighted by Crippen LogP contribution is -2.08. The van der Waals surface area contributed by atoms with Crippen molar-refractivity contribution >= 4 is 0 Å². The van der Waals surface area contributed by atoms with Crippen LogP contribution in [-0.4, -0.2) is 21.9 Å². The van der Waals surface area contributed by atoms with Gasteiger partial charge in [-0.05, 0) is 18.2 Å². The zero-order chi connectivity index (χ0) is 16.2. The summed E-state index contributed by atoms with van der Waals surface area (Å²) < 4.78 is 34.7. The second-order valence-electron chi connectivity index (χ2n) is 4.63. The van der Waals surface area contributed by atoms with Crippen LogP contribution < -0.4 is 4.74 Å². The molecule has 1 atom stereocenters. The minimum absolute atomic E-state index is 0.103. The first-order valence-corrected chi connectivity index (χ1v) is 6.76. The average molecular weight is 318 g/mol. The smallest absolute Gasteiger partial charge is 0.387 e. The molecule has 3 rings (SSSR count). The minimum atomic E-state index is -2.99. The van der Waals surface area contributed by atoms with Crippen molar-refractivity contribution in [2.24, 2.45) is 0 Å². The number of ether oxygens (including phenoxy) is 1. The van der Waals surface area contributed by atoms with Gasteiger partial charge in [0, 0.05) is 11.1 Å². The van der Waals surface area contributed by atoms with Gasteiger partial charge in [0.1, 0.15) is 5.75 Å². The lowest BCUT2D eigenvalue weighted by molar-refractivity contribution is -0.0514. The summed E-state index contributed by atoms with van der Waals surface area (Å²) in [6.45, 7) is -2.99. The van der Waals surface area contributed by atoms with E-state index in [1.807, 2.05) is 6.07 Å². The molecule has 1 unspecified atom stereocenters. The molecule has 1 N–H and O–H groups in total. The second-order valence-corrected chi connectivity index (χ2v) is 4.63. The van der Waals surface area contributed by atoms with Crippen LogP contribution in [0, 0.1) is 0 Å². The van der Waals surface area contributed by atoms with Gasteiger partial charge in [-0.3, -0.25) is 0 Å². The highest BCUT2D eigenvalue weighted by atomic mass is 19.3. The summed E-state index contributed by atoms with van der Waals surface area (Å²) in [6.07, 6.45) is -1.37. The van der Waals surface area contributed by atoms with Gasteiger partial charge in [-0.15, -0.1) is 10.2 Å². The summed E-state index contributed by atoms with van der Waals surface area (Å²) in [5.41, 5.74) is 0.812. The largest absolute Gasteiger partial charge is 0.434 e. The van der Waals surface area contributed by atoms with E-state index in [2.05, 4.69) is 14.9 Å². The van der Waals surface area contributed by atoms with Crippen LogP contribution in [0.3, 0.4) is 0 Å². The fourth-order valence-corrected chi connectivity index (χ4v) is 2.09. The molecule has 0 spiro atoms. The van der Waals surface area contributed by atoms with E-state index in [9.17, 15) is 13.9 Å². The Bertz CT molecular complexity index is 778. The van der Waals surface area contributed by atoms with Crippen LogP contribution in [-0.2, 0) is 0 Å². The predicted octanol–water partition coefficient (Wildman–Crippen LogP) is 3.42. The van der Waals surface area contributed by atoms with E-state index in [-0.39, 0.29) is 23.1 Å². The summed E-state index contributed by atoms with van der Waals surface area (Å²) in [5, 5.41) is 18.0. The van der Waals surface area contributed by atoms with Crippen LogP contribution in [0.25, 0.3) is 11.5 Å². The van der Waals surface area contributed by atoms with E-state index in [1.165, 1.54) is 18.2 Å². The quantitative estimate of drug-likeness (QED) is 0.780. The standard InChI is InChI=1S/C16H12F2N2O3/c17-16(18)22-12-9-5-4-8-11(12)13(21)15-20-19-14(23-15)10-6-2-1-3-7-10/h1-9,13,16,21H. The Morgan fingerprint density at radius 1 is 0.957 bits per heavy atom. The van der Waals surface area contributed by atoms with Crippen LogP contribution in [0.1, 0.15) is 17.6 Å². The van der Waals surface area contributed by atoms with Gasteiger partial charge >= 0.3 is 6.61 Å². The number of aromatic nitrogens is 2. The van der Waals surface area contributed by atoms with E-state index in [0.29, 0.717) is 5.56 Å². The van der Waals surface area contributed by atoms with Gasteiger partial charge in [0.15, 0.2) is 6.10 Å². The number of benzene rings is 2. The van der Waals surface area contributed by atoms with Crippen LogP contribution >= 0.6 is 0 Å². The first kappa shape index (κ1) is 15.1. The van der Waals surface area contributed by atoms with E-state index >= 15 is 0 Å². The molecule has 0 aliphatic rings. The van der Waals surface area contributed by atoms with Crippen molar-refractivity contribution in [3.8, 4) is 17.2 Å². The molecule has 5 nitrogen and oxygen atoms in total. The number of halogens is 2. The number of aliphatic hydroxyl groups is 1. The van der Waals surface area contributed by atoms with Gasteiger partial charge in [0.05, 0.1) is 0 Å². The molecule has 2 aromatic carbocycles. The number of nitrogens with zero attached hydrogens (tertiary/aromatic N) is 2. The third-order valence-corrected chi connectivity index (χ3v) is 3.12. The molecule has 0 amide bonds. The number of para-hydroxylation sites is 1. The molecule has 0 saturated carbocycles. The van der Waals surface area contributed by atoms with Gasteiger partial charge < -0.3 is 14.3 Å². The highest BCUT2D eigenvalue weighted by molar-refractivity contribution is 5.52. The van der Waals surface area contributed by atoms with Gasteiger partial charge in [-0.25, -0.2) is 0 Å². The maximum Gasteiger partial charge on any atom is 0.387 e. The summed E-state index contributed by atoms with van der Waals surface area (Å²) >= 11 is 0. The molecule has 0 aliphatic heterocycles. The average Bonchev–Trinajstić information content (AvgIpc) is 3.05. The Kier molecular flexibility index (Phi) is 4.29. The zero-order valence-electron chi connectivity index (χ0n) is 11.8. The number of hydrogen-bond donors (Lipinski definition) is 1. The first-order chi connectivity index (χ1) is 11.1. The van der Waals surface area contributed by atoms with E-state index < -0.39 is 12.7 Å². The molecule has 0 aliphatic carbocycles. The van der Waals surface area contributed by atoms with Crippen LogP contribution in [0.4, 0.5) is 8.78 Å².